The van der Waals surface area contributed by atoms with Crippen LogP contribution >= 0.6 is 0 Å². The van der Waals surface area contributed by atoms with Crippen molar-refractivity contribution in [3.05, 3.63) is 120 Å². The molecule has 0 unspecified atom stereocenters. The molecule has 9 rings (SSSR count). The van der Waals surface area contributed by atoms with Crippen LogP contribution in [0.5, 0.6) is 57.5 Å². The molecule has 0 saturated carbocycles. The number of phenols is 10. The third-order valence-corrected chi connectivity index (χ3v) is 11.1. The summed E-state index contributed by atoms with van der Waals surface area (Å²) in [6, 6.07) is 34.2. The number of phenolic OH excluding ortho intramolecular Hbond substituents is 10. The number of nitrogens with zero attached hydrogens (tertiary/aromatic N) is 2. The van der Waals surface area contributed by atoms with Crippen molar-refractivity contribution in [3.63, 3.8) is 0 Å². The van der Waals surface area contributed by atoms with Crippen LogP contribution in [0, 0.1) is 0 Å². The Bertz CT molecular complexity index is 3260. The van der Waals surface area contributed by atoms with Crippen LogP contribution in [0.25, 0.3) is 89.6 Å². The molecule has 2 aromatic heterocycles. The molecule has 0 amide bonds. The number of hydrogen-bond donors (Lipinski definition) is 10. The molecule has 0 bridgehead atoms. The molecule has 0 aliphatic heterocycles. The van der Waals surface area contributed by atoms with Gasteiger partial charge in [0.05, 0.1) is 27.7 Å². The maximum absolute atomic E-state index is 11.0. The summed E-state index contributed by atoms with van der Waals surface area (Å²) < 4.78 is 4.08. The van der Waals surface area contributed by atoms with E-state index in [2.05, 4.69) is 53.1 Å². The van der Waals surface area contributed by atoms with Gasteiger partial charge in [0.1, 0.15) is 0 Å². The van der Waals surface area contributed by atoms with E-state index in [1.165, 1.54) is 18.2 Å². The van der Waals surface area contributed by atoms with Crippen molar-refractivity contribution in [1.29, 1.82) is 0 Å². The zero-order valence-electron chi connectivity index (χ0n) is 31.9. The number of para-hydroxylation sites is 2. The van der Waals surface area contributed by atoms with E-state index in [1.807, 2.05) is 73.0 Å². The van der Waals surface area contributed by atoms with Crippen LogP contribution in [-0.4, -0.2) is 60.2 Å². The number of benzene rings is 7. The second-order valence-corrected chi connectivity index (χ2v) is 14.4. The molecule has 10 N–H and O–H groups in total. The zero-order valence-corrected chi connectivity index (χ0v) is 31.9. The van der Waals surface area contributed by atoms with Crippen molar-refractivity contribution in [1.82, 2.24) is 9.13 Å². The molecule has 9 aromatic rings. The first kappa shape index (κ1) is 37.2. The molecule has 12 nitrogen and oxygen atoms in total. The van der Waals surface area contributed by atoms with Crippen molar-refractivity contribution >= 4 is 44.9 Å². The molecule has 12 heteroatoms. The fraction of sp³-hybridized carbons (Fsp3) is 0.0417. The number of hydrogen-bond acceptors (Lipinski definition) is 10. The van der Waals surface area contributed by atoms with Gasteiger partial charge in [0, 0.05) is 38.1 Å². The highest BCUT2D eigenvalue weighted by atomic mass is 16.4. The Labute approximate surface area is 340 Å². The highest BCUT2D eigenvalue weighted by Crippen LogP contribution is 2.58. The van der Waals surface area contributed by atoms with Crippen LogP contribution in [0.15, 0.2) is 109 Å². The van der Waals surface area contributed by atoms with Crippen LogP contribution in [0.4, 0.5) is 0 Å². The molecule has 2 heterocycles. The lowest BCUT2D eigenvalue weighted by atomic mass is 9.94. The lowest BCUT2D eigenvalue weighted by molar-refractivity contribution is 0.330. The lowest BCUT2D eigenvalue weighted by Crippen LogP contribution is -2.27. The van der Waals surface area contributed by atoms with E-state index in [4.69, 9.17) is 0 Å². The Morgan fingerprint density at radius 1 is 0.350 bits per heavy atom. The third-order valence-electron chi connectivity index (χ3n) is 11.1. The average molecular weight is 801 g/mol. The quantitative estimate of drug-likeness (QED) is 0.0593. The maximum atomic E-state index is 11.0. The van der Waals surface area contributed by atoms with Gasteiger partial charge in [-0.05, 0) is 96.8 Å². The van der Waals surface area contributed by atoms with Crippen molar-refractivity contribution in [2.75, 3.05) is 0 Å². The summed E-state index contributed by atoms with van der Waals surface area (Å²) in [5, 5.41) is 111. The van der Waals surface area contributed by atoms with E-state index in [9.17, 15) is 51.1 Å². The lowest BCUT2D eigenvalue weighted by Gasteiger charge is -2.18. The first-order valence-electron chi connectivity index (χ1n) is 18.8. The van der Waals surface area contributed by atoms with Gasteiger partial charge in [-0.1, -0.05) is 60.7 Å². The minimum atomic E-state index is -1.17. The van der Waals surface area contributed by atoms with E-state index >= 15 is 0 Å². The van der Waals surface area contributed by atoms with Gasteiger partial charge in [-0.25, -0.2) is 0 Å². The van der Waals surface area contributed by atoms with Gasteiger partial charge >= 0.3 is 0 Å². The Balaban J connectivity index is 1.31. The summed E-state index contributed by atoms with van der Waals surface area (Å²) in [5.74, 6) is -10.9. The first-order valence-corrected chi connectivity index (χ1v) is 18.8. The van der Waals surface area contributed by atoms with E-state index < -0.39 is 68.6 Å². The van der Waals surface area contributed by atoms with Gasteiger partial charge in [-0.2, -0.15) is 0 Å². The summed E-state index contributed by atoms with van der Waals surface area (Å²) in [7, 11) is 0. The molecule has 7 aromatic carbocycles. The van der Waals surface area contributed by atoms with E-state index in [0.29, 0.717) is 11.0 Å². The predicted molar refractivity (Wildman–Crippen MR) is 230 cm³/mol. The van der Waals surface area contributed by atoms with Gasteiger partial charge in [0.25, 0.3) is 0 Å². The Hall–Kier alpha value is -8.38. The van der Waals surface area contributed by atoms with Crippen molar-refractivity contribution in [2.45, 2.75) is 13.8 Å². The Kier molecular flexibility index (Phi) is 8.45. The van der Waals surface area contributed by atoms with E-state index in [-0.39, 0.29) is 16.8 Å². The summed E-state index contributed by atoms with van der Waals surface area (Å²) in [5.41, 5.74) is 4.35. The fourth-order valence-corrected chi connectivity index (χ4v) is 8.34. The van der Waals surface area contributed by atoms with Gasteiger partial charge in [0.2, 0.25) is 34.5 Å². The normalized spacial score (nSPS) is 12.4. The molecule has 0 aliphatic rings. The SMILES string of the molecule is C/C=c1\c(=C/C)n(-c2ccccc2)c2ccc(-c3ccc4c(c3)c3ccccc3n4-c3cc(-c4c(O)c(O)c(O)c(O)c4O)cc(-c4c(O)c(O)c(O)c(O)c4O)c3)cc12. The summed E-state index contributed by atoms with van der Waals surface area (Å²) in [6.45, 7) is 4.05. The number of fused-ring (bicyclic) bond motifs is 4. The number of rotatable bonds is 5. The second kappa shape index (κ2) is 13.6. The van der Waals surface area contributed by atoms with Gasteiger partial charge in [0.15, 0.2) is 23.0 Å². The molecule has 298 valence electrons. The highest BCUT2D eigenvalue weighted by Gasteiger charge is 2.29. The van der Waals surface area contributed by atoms with Gasteiger partial charge in [-0.15, -0.1) is 0 Å². The van der Waals surface area contributed by atoms with Crippen molar-refractivity contribution < 1.29 is 51.1 Å². The summed E-state index contributed by atoms with van der Waals surface area (Å²) in [4.78, 5) is 0. The largest absolute Gasteiger partial charge is 0.504 e. The maximum Gasteiger partial charge on any atom is 0.208 e. The minimum absolute atomic E-state index is 0.112. The second-order valence-electron chi connectivity index (χ2n) is 14.4. The van der Waals surface area contributed by atoms with Crippen LogP contribution in [-0.2, 0) is 0 Å². The summed E-state index contributed by atoms with van der Waals surface area (Å²) >= 11 is 0. The smallest absolute Gasteiger partial charge is 0.208 e. The van der Waals surface area contributed by atoms with Gasteiger partial charge in [-0.3, -0.25) is 0 Å². The van der Waals surface area contributed by atoms with Crippen LogP contribution in [0.1, 0.15) is 13.8 Å². The molecule has 0 fully saturated rings. The third kappa shape index (κ3) is 5.31. The number of aromatic nitrogens is 2. The monoisotopic (exact) mass is 800 g/mol. The zero-order chi connectivity index (χ0) is 42.3. The van der Waals surface area contributed by atoms with E-state index in [1.54, 1.807) is 0 Å². The predicted octanol–water partition coefficient (Wildman–Crippen LogP) is 8.39. The molecule has 0 saturated heterocycles. The number of aromatic hydroxyl groups is 10. The molecule has 60 heavy (non-hydrogen) atoms. The van der Waals surface area contributed by atoms with Crippen molar-refractivity contribution in [2.24, 2.45) is 0 Å². The van der Waals surface area contributed by atoms with Gasteiger partial charge < -0.3 is 60.2 Å². The molecular formula is C48H36N2O10. The first-order chi connectivity index (χ1) is 28.9. The molecule has 0 atom stereocenters. The topological polar surface area (TPSA) is 212 Å². The highest BCUT2D eigenvalue weighted by molar-refractivity contribution is 6.11. The molecule has 0 spiro atoms. The Morgan fingerprint density at radius 3 is 1.32 bits per heavy atom. The molecular weight excluding hydrogens is 765 g/mol. The van der Waals surface area contributed by atoms with Crippen LogP contribution < -0.4 is 10.6 Å². The average Bonchev–Trinajstić information content (AvgIpc) is 3.78. The Morgan fingerprint density at radius 2 is 0.800 bits per heavy atom. The molecule has 0 aliphatic carbocycles. The van der Waals surface area contributed by atoms with Crippen molar-refractivity contribution in [3.8, 4) is 102 Å². The fourth-order valence-electron chi connectivity index (χ4n) is 8.34. The van der Waals surface area contributed by atoms with Crippen LogP contribution in [0.2, 0.25) is 0 Å². The standard InChI is InChI=1S/C48H36N2O10/c1-3-29-31-21-23(14-16-35(31)49(33(29)4-2)27-10-6-5-7-11-27)24-15-17-36-32(22-24)30-12-8-9-13-34(30)50(36)28-19-25(37-39(51)43(55)47(59)44(56)40(37)52)18-26(20-28)38-41(53)45(57)48(60)46(58)42(38)54/h3-22,51-60H,1-2H3/b29-3-,33-4+. The minimum Gasteiger partial charge on any atom is -0.504 e. The van der Waals surface area contributed by atoms with E-state index in [0.717, 1.165) is 49.1 Å². The summed E-state index contributed by atoms with van der Waals surface area (Å²) in [6.07, 6.45) is 4.22. The molecule has 0 radical (unpaired) electrons. The van der Waals surface area contributed by atoms with Crippen LogP contribution in [0.3, 0.4) is 0 Å².